The summed E-state index contributed by atoms with van der Waals surface area (Å²) in [7, 11) is 0. The van der Waals surface area contributed by atoms with Crippen molar-refractivity contribution in [3.63, 3.8) is 0 Å². The van der Waals surface area contributed by atoms with Gasteiger partial charge in [-0.3, -0.25) is 0 Å². The van der Waals surface area contributed by atoms with Crippen LogP contribution in [0.4, 0.5) is 0 Å². The molecule has 0 heterocycles. The lowest BCUT2D eigenvalue weighted by Gasteiger charge is -2.03. The van der Waals surface area contributed by atoms with E-state index in [0.717, 1.165) is 13.1 Å². The van der Waals surface area contributed by atoms with Gasteiger partial charge in [-0.05, 0) is 13.0 Å². The van der Waals surface area contributed by atoms with Gasteiger partial charge in [0.05, 0.1) is 19.8 Å². The minimum atomic E-state index is 0.120. The van der Waals surface area contributed by atoms with Crippen LogP contribution in [0.1, 0.15) is 19.8 Å². The number of hydrogen-bond donors (Lipinski definition) is 2. The number of aliphatic hydroxyl groups excluding tert-OH is 1. The van der Waals surface area contributed by atoms with Gasteiger partial charge >= 0.3 is 0 Å². The first-order valence-electron chi connectivity index (χ1n) is 4.31. The minimum absolute atomic E-state index is 0.120. The van der Waals surface area contributed by atoms with Gasteiger partial charge < -0.3 is 15.2 Å². The Morgan fingerprint density at radius 2 is 2.09 bits per heavy atom. The second-order valence-corrected chi connectivity index (χ2v) is 2.44. The number of ether oxygens (including phenoxy) is 1. The Morgan fingerprint density at radius 1 is 1.27 bits per heavy atom. The molecule has 0 aromatic carbocycles. The van der Waals surface area contributed by atoms with Crippen molar-refractivity contribution < 1.29 is 9.84 Å². The lowest BCUT2D eigenvalue weighted by molar-refractivity contribution is 0.0939. The molecular formula is C8H19NO2. The van der Waals surface area contributed by atoms with Crippen LogP contribution >= 0.6 is 0 Å². The Bertz CT molecular complexity index is 61.1. The highest BCUT2D eigenvalue weighted by Gasteiger charge is 1.86. The highest BCUT2D eigenvalue weighted by Crippen LogP contribution is 1.81. The molecule has 0 bridgehead atoms. The molecule has 0 saturated heterocycles. The lowest BCUT2D eigenvalue weighted by atomic mass is 10.3. The molecule has 0 rings (SSSR count). The van der Waals surface area contributed by atoms with Crippen LogP contribution in [0.5, 0.6) is 0 Å². The number of rotatable bonds is 8. The van der Waals surface area contributed by atoms with Crippen molar-refractivity contribution in [3.05, 3.63) is 0 Å². The molecule has 0 aliphatic carbocycles. The highest BCUT2D eigenvalue weighted by atomic mass is 16.5. The molecule has 0 radical (unpaired) electrons. The second-order valence-electron chi connectivity index (χ2n) is 2.44. The van der Waals surface area contributed by atoms with Crippen LogP contribution in [0, 0.1) is 0 Å². The van der Waals surface area contributed by atoms with Crippen LogP contribution < -0.4 is 5.32 Å². The Kier molecular flexibility index (Phi) is 9.77. The van der Waals surface area contributed by atoms with Gasteiger partial charge in [0.2, 0.25) is 0 Å². The molecule has 3 heteroatoms. The number of unbranched alkanes of at least 4 members (excludes halogenated alkanes) is 1. The Balaban J connectivity index is 2.69. The van der Waals surface area contributed by atoms with Gasteiger partial charge in [0.15, 0.2) is 0 Å². The van der Waals surface area contributed by atoms with Crippen LogP contribution in [-0.4, -0.2) is 38.0 Å². The summed E-state index contributed by atoms with van der Waals surface area (Å²) in [6.45, 7) is 5.40. The maximum atomic E-state index is 8.36. The zero-order chi connectivity index (χ0) is 8.36. The van der Waals surface area contributed by atoms with Crippen molar-refractivity contribution >= 4 is 0 Å². The molecule has 0 fully saturated rings. The summed E-state index contributed by atoms with van der Waals surface area (Å²) in [5, 5.41) is 11.6. The van der Waals surface area contributed by atoms with E-state index in [9.17, 15) is 0 Å². The van der Waals surface area contributed by atoms with E-state index in [2.05, 4.69) is 12.2 Å². The van der Waals surface area contributed by atoms with E-state index in [0.29, 0.717) is 13.2 Å². The third-order valence-corrected chi connectivity index (χ3v) is 1.37. The normalized spacial score (nSPS) is 10.4. The maximum absolute atomic E-state index is 8.36. The molecule has 0 aromatic heterocycles. The fraction of sp³-hybridized carbons (Fsp3) is 1.00. The predicted octanol–water partition coefficient (Wildman–Crippen LogP) is 0.385. The first kappa shape index (κ1) is 10.9. The van der Waals surface area contributed by atoms with E-state index in [4.69, 9.17) is 9.84 Å². The Morgan fingerprint density at radius 3 is 2.73 bits per heavy atom. The average molecular weight is 161 g/mol. The zero-order valence-corrected chi connectivity index (χ0v) is 7.31. The molecule has 3 nitrogen and oxygen atoms in total. The molecule has 0 aliphatic rings. The molecule has 0 saturated carbocycles. The molecule has 0 spiro atoms. The molecule has 11 heavy (non-hydrogen) atoms. The standard InChI is InChI=1S/C8H19NO2/c1-2-3-4-9-5-7-11-8-6-10/h9-10H,2-8H2,1H3. The smallest absolute Gasteiger partial charge is 0.0698 e. The number of aliphatic hydroxyl groups is 1. The van der Waals surface area contributed by atoms with Crippen LogP contribution in [-0.2, 0) is 4.74 Å². The largest absolute Gasteiger partial charge is 0.394 e. The summed E-state index contributed by atoms with van der Waals surface area (Å²) in [6.07, 6.45) is 2.45. The fourth-order valence-corrected chi connectivity index (χ4v) is 0.738. The summed E-state index contributed by atoms with van der Waals surface area (Å²) in [6, 6.07) is 0. The van der Waals surface area contributed by atoms with E-state index in [-0.39, 0.29) is 6.61 Å². The first-order chi connectivity index (χ1) is 5.41. The highest BCUT2D eigenvalue weighted by molar-refractivity contribution is 4.44. The van der Waals surface area contributed by atoms with Crippen LogP contribution in [0.2, 0.25) is 0 Å². The van der Waals surface area contributed by atoms with Crippen molar-refractivity contribution in [1.82, 2.24) is 5.32 Å². The number of nitrogens with one attached hydrogen (secondary N) is 1. The minimum Gasteiger partial charge on any atom is -0.394 e. The molecule has 0 aromatic rings. The second kappa shape index (κ2) is 9.88. The topological polar surface area (TPSA) is 41.5 Å². The van der Waals surface area contributed by atoms with Gasteiger partial charge in [-0.2, -0.15) is 0 Å². The maximum Gasteiger partial charge on any atom is 0.0698 e. The van der Waals surface area contributed by atoms with Crippen LogP contribution in [0.25, 0.3) is 0 Å². The van der Waals surface area contributed by atoms with Gasteiger partial charge in [0.25, 0.3) is 0 Å². The predicted molar refractivity (Wildman–Crippen MR) is 45.7 cm³/mol. The summed E-state index contributed by atoms with van der Waals surface area (Å²) in [4.78, 5) is 0. The monoisotopic (exact) mass is 161 g/mol. The van der Waals surface area contributed by atoms with E-state index < -0.39 is 0 Å². The molecule has 0 aliphatic heterocycles. The molecule has 0 atom stereocenters. The first-order valence-corrected chi connectivity index (χ1v) is 4.31. The number of hydrogen-bond acceptors (Lipinski definition) is 3. The van der Waals surface area contributed by atoms with E-state index >= 15 is 0 Å². The third-order valence-electron chi connectivity index (χ3n) is 1.37. The van der Waals surface area contributed by atoms with E-state index in [1.54, 1.807) is 0 Å². The average Bonchev–Trinajstić information content (AvgIpc) is 2.03. The van der Waals surface area contributed by atoms with Gasteiger partial charge in [-0.15, -0.1) is 0 Å². The van der Waals surface area contributed by atoms with Crippen LogP contribution in [0.3, 0.4) is 0 Å². The van der Waals surface area contributed by atoms with Crippen molar-refractivity contribution in [1.29, 1.82) is 0 Å². The van der Waals surface area contributed by atoms with Crippen LogP contribution in [0.15, 0.2) is 0 Å². The summed E-state index contributed by atoms with van der Waals surface area (Å²) < 4.78 is 5.05. The summed E-state index contributed by atoms with van der Waals surface area (Å²) in [5.41, 5.74) is 0. The van der Waals surface area contributed by atoms with E-state index in [1.165, 1.54) is 12.8 Å². The van der Waals surface area contributed by atoms with E-state index in [1.807, 2.05) is 0 Å². The lowest BCUT2D eigenvalue weighted by Crippen LogP contribution is -2.21. The van der Waals surface area contributed by atoms with Gasteiger partial charge in [0, 0.05) is 6.54 Å². The Hall–Kier alpha value is -0.120. The molecule has 68 valence electrons. The SMILES string of the molecule is CCCCNCCOCCO. The van der Waals surface area contributed by atoms with Crippen molar-refractivity contribution in [3.8, 4) is 0 Å². The quantitative estimate of drug-likeness (QED) is 0.506. The summed E-state index contributed by atoms with van der Waals surface area (Å²) in [5.74, 6) is 0. The molecular weight excluding hydrogens is 142 g/mol. The molecule has 0 unspecified atom stereocenters. The zero-order valence-electron chi connectivity index (χ0n) is 7.31. The van der Waals surface area contributed by atoms with Crippen molar-refractivity contribution in [2.75, 3.05) is 32.9 Å². The van der Waals surface area contributed by atoms with Gasteiger partial charge in [-0.1, -0.05) is 13.3 Å². The van der Waals surface area contributed by atoms with Crippen molar-refractivity contribution in [2.45, 2.75) is 19.8 Å². The molecule has 2 N–H and O–H groups in total. The van der Waals surface area contributed by atoms with Gasteiger partial charge in [-0.25, -0.2) is 0 Å². The summed E-state index contributed by atoms with van der Waals surface area (Å²) >= 11 is 0. The fourth-order valence-electron chi connectivity index (χ4n) is 0.738. The molecule has 0 amide bonds. The third kappa shape index (κ3) is 9.88. The Labute approximate surface area is 68.8 Å². The van der Waals surface area contributed by atoms with Crippen molar-refractivity contribution in [2.24, 2.45) is 0 Å². The van der Waals surface area contributed by atoms with Gasteiger partial charge in [0.1, 0.15) is 0 Å².